The summed E-state index contributed by atoms with van der Waals surface area (Å²) in [6.07, 6.45) is 2.68. The number of amides is 1. The molecule has 0 bridgehead atoms. The van der Waals surface area contributed by atoms with Gasteiger partial charge in [-0.15, -0.1) is 0 Å². The molecule has 2 fully saturated rings. The zero-order valence-corrected chi connectivity index (χ0v) is 17.1. The quantitative estimate of drug-likeness (QED) is 0.811. The lowest BCUT2D eigenvalue weighted by molar-refractivity contribution is -0.137. The number of carboxylic acids is 1. The van der Waals surface area contributed by atoms with Crippen LogP contribution < -0.4 is 0 Å². The highest BCUT2D eigenvalue weighted by molar-refractivity contribution is 5.94. The number of piperazine rings is 1. The van der Waals surface area contributed by atoms with E-state index in [1.807, 2.05) is 29.2 Å². The lowest BCUT2D eigenvalue weighted by atomic mass is 9.86. The van der Waals surface area contributed by atoms with Crippen LogP contribution in [-0.4, -0.2) is 84.0 Å². The number of rotatable bonds is 6. The van der Waals surface area contributed by atoms with Crippen molar-refractivity contribution in [3.63, 3.8) is 0 Å². The fraction of sp³-hybridized carbons (Fsp3) is 0.636. The monoisotopic (exact) mass is 387 g/mol. The molecule has 0 unspecified atom stereocenters. The van der Waals surface area contributed by atoms with Crippen LogP contribution in [0.1, 0.15) is 42.1 Å². The lowest BCUT2D eigenvalue weighted by Crippen LogP contribution is -2.57. The third-order valence-electron chi connectivity index (χ3n) is 6.33. The van der Waals surface area contributed by atoms with Crippen molar-refractivity contribution in [2.24, 2.45) is 5.92 Å². The second-order valence-electron chi connectivity index (χ2n) is 8.19. The van der Waals surface area contributed by atoms with Crippen molar-refractivity contribution < 1.29 is 14.7 Å². The summed E-state index contributed by atoms with van der Waals surface area (Å²) in [5.41, 5.74) is 1.96. The number of aliphatic carboxylic acids is 1. The van der Waals surface area contributed by atoms with Crippen molar-refractivity contribution in [2.75, 3.05) is 46.3 Å². The van der Waals surface area contributed by atoms with E-state index in [9.17, 15) is 14.7 Å². The molecule has 0 aromatic heterocycles. The van der Waals surface area contributed by atoms with Gasteiger partial charge >= 0.3 is 5.97 Å². The van der Waals surface area contributed by atoms with Crippen molar-refractivity contribution >= 4 is 11.9 Å². The minimum Gasteiger partial charge on any atom is -0.481 e. The van der Waals surface area contributed by atoms with Crippen molar-refractivity contribution in [1.29, 1.82) is 0 Å². The molecule has 2 saturated heterocycles. The van der Waals surface area contributed by atoms with Crippen LogP contribution in [0.5, 0.6) is 0 Å². The molecule has 0 saturated carbocycles. The number of carbonyl (C=O) groups excluding carboxylic acids is 1. The molecule has 1 N–H and O–H groups in total. The summed E-state index contributed by atoms with van der Waals surface area (Å²) in [6, 6.07) is 8.25. The average Bonchev–Trinajstić information content (AvgIpc) is 2.72. The van der Waals surface area contributed by atoms with Gasteiger partial charge in [-0.25, -0.2) is 0 Å². The number of carbonyl (C=O) groups is 2. The van der Waals surface area contributed by atoms with Crippen LogP contribution in [0.15, 0.2) is 24.3 Å². The van der Waals surface area contributed by atoms with Crippen LogP contribution in [0.4, 0.5) is 0 Å². The molecule has 28 heavy (non-hydrogen) atoms. The van der Waals surface area contributed by atoms with Crippen LogP contribution in [0.3, 0.4) is 0 Å². The number of likely N-dealkylation sites (tertiary alicyclic amines) is 1. The number of carboxylic acid groups (broad SMARTS) is 1. The van der Waals surface area contributed by atoms with Gasteiger partial charge in [-0.1, -0.05) is 19.1 Å². The molecule has 0 radical (unpaired) electrons. The van der Waals surface area contributed by atoms with Gasteiger partial charge in [0, 0.05) is 57.3 Å². The second-order valence-corrected chi connectivity index (χ2v) is 8.19. The van der Waals surface area contributed by atoms with Gasteiger partial charge < -0.3 is 14.9 Å². The van der Waals surface area contributed by atoms with Gasteiger partial charge in [0.2, 0.25) is 0 Å². The van der Waals surface area contributed by atoms with Gasteiger partial charge in [0.25, 0.3) is 5.91 Å². The third-order valence-corrected chi connectivity index (χ3v) is 6.33. The minimum atomic E-state index is -0.754. The largest absolute Gasteiger partial charge is 0.481 e. The van der Waals surface area contributed by atoms with Gasteiger partial charge in [-0.3, -0.25) is 14.5 Å². The Morgan fingerprint density at radius 1 is 1.07 bits per heavy atom. The molecule has 154 valence electrons. The molecule has 2 atom stereocenters. The molecule has 6 heteroatoms. The Morgan fingerprint density at radius 3 is 2.36 bits per heavy atom. The first kappa shape index (κ1) is 20.8. The van der Waals surface area contributed by atoms with E-state index in [2.05, 4.69) is 23.8 Å². The predicted molar refractivity (Wildman–Crippen MR) is 110 cm³/mol. The zero-order chi connectivity index (χ0) is 20.1. The predicted octanol–water partition coefficient (Wildman–Crippen LogP) is 2.19. The Labute approximate surface area is 168 Å². The standard InChI is InChI=1S/C22H33N3O3/c1-3-17-4-6-18(7-5-17)22(28)25-11-10-20(19(16-25)8-9-21(26)27)24-14-12-23(2)13-15-24/h4-7,19-20H,3,8-16H2,1-2H3,(H,26,27)/t19-,20+/m0/s1. The van der Waals surface area contributed by atoms with E-state index in [1.54, 1.807) is 0 Å². The van der Waals surface area contributed by atoms with Crippen LogP contribution >= 0.6 is 0 Å². The van der Waals surface area contributed by atoms with Gasteiger partial charge in [-0.2, -0.15) is 0 Å². The maximum absolute atomic E-state index is 13.0. The number of aryl methyl sites for hydroxylation is 1. The first-order valence-corrected chi connectivity index (χ1v) is 10.5. The van der Waals surface area contributed by atoms with Gasteiger partial charge in [0.05, 0.1) is 0 Å². The van der Waals surface area contributed by atoms with Crippen molar-refractivity contribution in [1.82, 2.24) is 14.7 Å². The molecular formula is C22H33N3O3. The summed E-state index contributed by atoms with van der Waals surface area (Å²) in [5.74, 6) is -0.470. The van der Waals surface area contributed by atoms with Gasteiger partial charge in [0.1, 0.15) is 0 Å². The van der Waals surface area contributed by atoms with E-state index < -0.39 is 5.97 Å². The van der Waals surface area contributed by atoms with E-state index in [4.69, 9.17) is 0 Å². The number of hydrogen-bond acceptors (Lipinski definition) is 4. The third kappa shape index (κ3) is 5.11. The highest BCUT2D eigenvalue weighted by Crippen LogP contribution is 2.28. The summed E-state index contributed by atoms with van der Waals surface area (Å²) in [6.45, 7) is 7.65. The molecule has 2 heterocycles. The van der Waals surface area contributed by atoms with Crippen LogP contribution in [0.25, 0.3) is 0 Å². The highest BCUT2D eigenvalue weighted by atomic mass is 16.4. The van der Waals surface area contributed by atoms with Crippen molar-refractivity contribution in [3.05, 3.63) is 35.4 Å². The van der Waals surface area contributed by atoms with Gasteiger partial charge in [0.15, 0.2) is 0 Å². The maximum atomic E-state index is 13.0. The molecule has 1 amide bonds. The molecule has 6 nitrogen and oxygen atoms in total. The normalized spacial score (nSPS) is 24.3. The Balaban J connectivity index is 1.68. The highest BCUT2D eigenvalue weighted by Gasteiger charge is 2.36. The average molecular weight is 388 g/mol. The number of nitrogens with zero attached hydrogens (tertiary/aromatic N) is 3. The minimum absolute atomic E-state index is 0.0693. The molecule has 0 aliphatic carbocycles. The number of piperidine rings is 1. The summed E-state index contributed by atoms with van der Waals surface area (Å²) >= 11 is 0. The molecule has 2 aliphatic heterocycles. The molecule has 2 aliphatic rings. The van der Waals surface area contributed by atoms with Crippen molar-refractivity contribution in [2.45, 2.75) is 38.6 Å². The first-order chi connectivity index (χ1) is 13.5. The van der Waals surface area contributed by atoms with Crippen LogP contribution in [0, 0.1) is 5.92 Å². The maximum Gasteiger partial charge on any atom is 0.303 e. The van der Waals surface area contributed by atoms with Crippen LogP contribution in [-0.2, 0) is 11.2 Å². The summed E-state index contributed by atoms with van der Waals surface area (Å²) in [7, 11) is 2.14. The van der Waals surface area contributed by atoms with E-state index in [0.717, 1.165) is 51.1 Å². The molecular weight excluding hydrogens is 354 g/mol. The van der Waals surface area contributed by atoms with Crippen LogP contribution in [0.2, 0.25) is 0 Å². The Morgan fingerprint density at radius 2 is 1.75 bits per heavy atom. The van der Waals surface area contributed by atoms with Gasteiger partial charge in [-0.05, 0) is 49.9 Å². The smallest absolute Gasteiger partial charge is 0.303 e. The van der Waals surface area contributed by atoms with E-state index >= 15 is 0 Å². The van der Waals surface area contributed by atoms with E-state index in [-0.39, 0.29) is 18.2 Å². The molecule has 3 rings (SSSR count). The zero-order valence-electron chi connectivity index (χ0n) is 17.1. The Hall–Kier alpha value is -1.92. The fourth-order valence-electron chi connectivity index (χ4n) is 4.50. The molecule has 0 spiro atoms. The summed E-state index contributed by atoms with van der Waals surface area (Å²) in [4.78, 5) is 30.9. The second kappa shape index (κ2) is 9.52. The summed E-state index contributed by atoms with van der Waals surface area (Å²) in [5, 5.41) is 9.18. The van der Waals surface area contributed by atoms with E-state index in [0.29, 0.717) is 19.0 Å². The number of hydrogen-bond donors (Lipinski definition) is 1. The SMILES string of the molecule is CCc1ccc(C(=O)N2CC[C@@H](N3CCN(C)CC3)[C@@H](CCC(=O)O)C2)cc1. The topological polar surface area (TPSA) is 64.1 Å². The summed E-state index contributed by atoms with van der Waals surface area (Å²) < 4.78 is 0. The number of benzene rings is 1. The van der Waals surface area contributed by atoms with Crippen molar-refractivity contribution in [3.8, 4) is 0 Å². The number of likely N-dealkylation sites (N-methyl/N-ethyl adjacent to an activating group) is 1. The molecule has 1 aromatic carbocycles. The Bertz CT molecular complexity index is 668. The van der Waals surface area contributed by atoms with E-state index in [1.165, 1.54) is 5.56 Å². The first-order valence-electron chi connectivity index (χ1n) is 10.5. The molecule has 1 aromatic rings. The fourth-order valence-corrected chi connectivity index (χ4v) is 4.50. The lowest BCUT2D eigenvalue weighted by Gasteiger charge is -2.46. The Kier molecular flexibility index (Phi) is 7.08.